The molecule has 0 radical (unpaired) electrons. The summed E-state index contributed by atoms with van der Waals surface area (Å²) in [6.45, 7) is 6.11. The second-order valence-electron chi connectivity index (χ2n) is 6.09. The summed E-state index contributed by atoms with van der Waals surface area (Å²) in [5, 5.41) is 4.47. The Kier molecular flexibility index (Phi) is 5.44. The van der Waals surface area contributed by atoms with Crippen LogP contribution in [0.1, 0.15) is 33.7 Å². The number of amides is 1. The van der Waals surface area contributed by atoms with Crippen LogP contribution in [0.25, 0.3) is 0 Å². The zero-order valence-electron chi connectivity index (χ0n) is 13.5. The molecular formula is C17H23ClN4O. The summed E-state index contributed by atoms with van der Waals surface area (Å²) in [7, 11) is 0. The van der Waals surface area contributed by atoms with Gasteiger partial charge < -0.3 is 10.6 Å². The topological polar surface area (TPSA) is 64.2 Å². The standard InChI is InChI=1S/C17H22N4O.ClH/c1-12-8-13(2)21(19-12)10-14-4-3-5-15(9-14)17(22)20-7-6-16(18)11-20;/h3-5,8-9,16H,6-7,10-11,18H2,1-2H3;1H/t16-;/m1./s1. The van der Waals surface area contributed by atoms with Gasteiger partial charge in [0.15, 0.2) is 0 Å². The van der Waals surface area contributed by atoms with Crippen molar-refractivity contribution in [1.82, 2.24) is 14.7 Å². The molecule has 0 saturated carbocycles. The average Bonchev–Trinajstić information content (AvgIpc) is 3.05. The summed E-state index contributed by atoms with van der Waals surface area (Å²) < 4.78 is 1.96. The Morgan fingerprint density at radius 2 is 2.13 bits per heavy atom. The molecule has 124 valence electrons. The van der Waals surface area contributed by atoms with E-state index in [1.54, 1.807) is 0 Å². The SMILES string of the molecule is Cc1cc(C)n(Cc2cccc(C(=O)N3CC[C@@H](N)C3)c2)n1.Cl. The van der Waals surface area contributed by atoms with Crippen molar-refractivity contribution in [2.24, 2.45) is 5.73 Å². The summed E-state index contributed by atoms with van der Waals surface area (Å²) in [6.07, 6.45) is 0.886. The fraction of sp³-hybridized carbons (Fsp3) is 0.412. The highest BCUT2D eigenvalue weighted by atomic mass is 35.5. The second kappa shape index (κ2) is 7.15. The number of carbonyl (C=O) groups is 1. The Hall–Kier alpha value is -1.85. The predicted molar refractivity (Wildman–Crippen MR) is 93.0 cm³/mol. The molecule has 1 saturated heterocycles. The smallest absolute Gasteiger partial charge is 0.253 e. The van der Waals surface area contributed by atoms with Gasteiger partial charge in [0.1, 0.15) is 0 Å². The largest absolute Gasteiger partial charge is 0.337 e. The van der Waals surface area contributed by atoms with E-state index in [1.165, 1.54) is 0 Å². The number of likely N-dealkylation sites (tertiary alicyclic amines) is 1. The third-order valence-corrected chi connectivity index (χ3v) is 4.12. The molecule has 23 heavy (non-hydrogen) atoms. The lowest BCUT2D eigenvalue weighted by molar-refractivity contribution is 0.0790. The minimum absolute atomic E-state index is 0. The van der Waals surface area contributed by atoms with E-state index < -0.39 is 0 Å². The van der Waals surface area contributed by atoms with Gasteiger partial charge in [0.2, 0.25) is 0 Å². The number of aryl methyl sites for hydroxylation is 2. The summed E-state index contributed by atoms with van der Waals surface area (Å²) in [6, 6.07) is 9.97. The molecule has 1 aliphatic rings. The van der Waals surface area contributed by atoms with Crippen molar-refractivity contribution in [2.75, 3.05) is 13.1 Å². The van der Waals surface area contributed by atoms with Crippen LogP contribution in [-0.2, 0) is 6.54 Å². The van der Waals surface area contributed by atoms with Crippen molar-refractivity contribution >= 4 is 18.3 Å². The molecule has 2 N–H and O–H groups in total. The van der Waals surface area contributed by atoms with E-state index in [2.05, 4.69) is 11.2 Å². The van der Waals surface area contributed by atoms with Crippen LogP contribution in [0, 0.1) is 13.8 Å². The van der Waals surface area contributed by atoms with Gasteiger partial charge in [0, 0.05) is 30.4 Å². The molecule has 1 aromatic carbocycles. The minimum Gasteiger partial charge on any atom is -0.337 e. The summed E-state index contributed by atoms with van der Waals surface area (Å²) >= 11 is 0. The predicted octanol–water partition coefficient (Wildman–Crippen LogP) is 2.14. The number of nitrogens with zero attached hydrogens (tertiary/aromatic N) is 3. The van der Waals surface area contributed by atoms with Crippen LogP contribution in [-0.4, -0.2) is 39.7 Å². The van der Waals surface area contributed by atoms with Crippen LogP contribution in [0.2, 0.25) is 0 Å². The first-order valence-corrected chi connectivity index (χ1v) is 7.68. The first-order valence-electron chi connectivity index (χ1n) is 7.68. The van der Waals surface area contributed by atoms with Crippen molar-refractivity contribution in [3.8, 4) is 0 Å². The molecule has 3 rings (SSSR count). The van der Waals surface area contributed by atoms with Gasteiger partial charge in [-0.1, -0.05) is 12.1 Å². The van der Waals surface area contributed by atoms with E-state index >= 15 is 0 Å². The number of hydrogen-bond donors (Lipinski definition) is 1. The molecule has 6 heteroatoms. The average molecular weight is 335 g/mol. The Bertz CT molecular complexity index is 698. The Labute approximate surface area is 142 Å². The maximum absolute atomic E-state index is 12.5. The van der Waals surface area contributed by atoms with Gasteiger partial charge in [-0.25, -0.2) is 0 Å². The van der Waals surface area contributed by atoms with Crippen molar-refractivity contribution in [3.05, 3.63) is 52.8 Å². The summed E-state index contributed by atoms with van der Waals surface area (Å²) in [5.41, 5.74) is 9.83. The quantitative estimate of drug-likeness (QED) is 0.935. The monoisotopic (exact) mass is 334 g/mol. The highest BCUT2D eigenvalue weighted by Gasteiger charge is 2.24. The van der Waals surface area contributed by atoms with Crippen molar-refractivity contribution in [3.63, 3.8) is 0 Å². The van der Waals surface area contributed by atoms with Crippen LogP contribution in [0.5, 0.6) is 0 Å². The van der Waals surface area contributed by atoms with Crippen LogP contribution in [0.15, 0.2) is 30.3 Å². The van der Waals surface area contributed by atoms with Gasteiger partial charge in [-0.2, -0.15) is 5.10 Å². The molecule has 5 nitrogen and oxygen atoms in total. The highest BCUT2D eigenvalue weighted by molar-refractivity contribution is 5.94. The molecule has 1 aliphatic heterocycles. The number of hydrogen-bond acceptors (Lipinski definition) is 3. The lowest BCUT2D eigenvalue weighted by atomic mass is 10.1. The number of carbonyl (C=O) groups excluding carboxylic acids is 1. The van der Waals surface area contributed by atoms with Crippen molar-refractivity contribution < 1.29 is 4.79 Å². The molecular weight excluding hydrogens is 312 g/mol. The van der Waals surface area contributed by atoms with Gasteiger partial charge in [-0.3, -0.25) is 9.48 Å². The first-order chi connectivity index (χ1) is 10.5. The van der Waals surface area contributed by atoms with E-state index in [4.69, 9.17) is 5.73 Å². The van der Waals surface area contributed by atoms with Crippen LogP contribution in [0.3, 0.4) is 0 Å². The number of nitrogens with two attached hydrogens (primary N) is 1. The fourth-order valence-electron chi connectivity index (χ4n) is 2.97. The van der Waals surface area contributed by atoms with Gasteiger partial charge in [0.25, 0.3) is 5.91 Å². The maximum Gasteiger partial charge on any atom is 0.253 e. The van der Waals surface area contributed by atoms with E-state index in [9.17, 15) is 4.79 Å². The van der Waals surface area contributed by atoms with Crippen LogP contribution < -0.4 is 5.73 Å². The van der Waals surface area contributed by atoms with Gasteiger partial charge in [0.05, 0.1) is 12.2 Å². The highest BCUT2D eigenvalue weighted by Crippen LogP contribution is 2.15. The molecule has 2 aromatic rings. The lowest BCUT2D eigenvalue weighted by Gasteiger charge is -2.16. The number of rotatable bonds is 3. The molecule has 2 heterocycles. The van der Waals surface area contributed by atoms with Crippen molar-refractivity contribution in [2.45, 2.75) is 32.9 Å². The maximum atomic E-state index is 12.5. The van der Waals surface area contributed by atoms with Crippen molar-refractivity contribution in [1.29, 1.82) is 0 Å². The van der Waals surface area contributed by atoms with E-state index in [0.29, 0.717) is 13.1 Å². The Balaban J connectivity index is 0.00000192. The van der Waals surface area contributed by atoms with E-state index in [-0.39, 0.29) is 24.4 Å². The zero-order chi connectivity index (χ0) is 15.7. The summed E-state index contributed by atoms with van der Waals surface area (Å²) in [4.78, 5) is 14.4. The molecule has 0 bridgehead atoms. The fourth-order valence-corrected chi connectivity index (χ4v) is 2.97. The van der Waals surface area contributed by atoms with Crippen LogP contribution >= 0.6 is 12.4 Å². The lowest BCUT2D eigenvalue weighted by Crippen LogP contribution is -2.31. The van der Waals surface area contributed by atoms with E-state index in [0.717, 1.165) is 35.5 Å². The van der Waals surface area contributed by atoms with Gasteiger partial charge >= 0.3 is 0 Å². The summed E-state index contributed by atoms with van der Waals surface area (Å²) in [5.74, 6) is 0.0724. The molecule has 0 aliphatic carbocycles. The normalized spacial score (nSPS) is 17.2. The Morgan fingerprint density at radius 3 is 2.74 bits per heavy atom. The second-order valence-corrected chi connectivity index (χ2v) is 6.09. The molecule has 1 aromatic heterocycles. The third-order valence-electron chi connectivity index (χ3n) is 4.12. The number of halogens is 1. The van der Waals surface area contributed by atoms with E-state index in [1.807, 2.05) is 47.7 Å². The molecule has 0 unspecified atom stereocenters. The van der Waals surface area contributed by atoms with Gasteiger partial charge in [-0.05, 0) is 44.0 Å². The zero-order valence-corrected chi connectivity index (χ0v) is 14.3. The Morgan fingerprint density at radius 1 is 1.35 bits per heavy atom. The molecule has 1 amide bonds. The first kappa shape index (κ1) is 17.5. The number of benzene rings is 1. The molecule has 1 atom stereocenters. The third kappa shape index (κ3) is 3.92. The molecule has 1 fully saturated rings. The minimum atomic E-state index is 0. The number of aromatic nitrogens is 2. The molecule has 0 spiro atoms. The van der Waals surface area contributed by atoms with Gasteiger partial charge in [-0.15, -0.1) is 12.4 Å². The van der Waals surface area contributed by atoms with Crippen LogP contribution in [0.4, 0.5) is 0 Å².